The van der Waals surface area contributed by atoms with Crippen molar-refractivity contribution >= 4 is 0 Å². The highest BCUT2D eigenvalue weighted by atomic mass is 14.9. The fourth-order valence-electron chi connectivity index (χ4n) is 2.25. The summed E-state index contributed by atoms with van der Waals surface area (Å²) in [5.74, 6) is 1.30. The lowest BCUT2D eigenvalue weighted by molar-refractivity contribution is 0.580. The molecule has 1 unspecified atom stereocenters. The molecule has 2 aromatic rings. The average molecular weight is 255 g/mol. The zero-order chi connectivity index (χ0) is 13.7. The quantitative estimate of drug-likeness (QED) is 0.891. The molecule has 0 bridgehead atoms. The summed E-state index contributed by atoms with van der Waals surface area (Å²) in [7, 11) is 1.97. The average Bonchev–Trinajstić information content (AvgIpc) is 2.45. The zero-order valence-electron chi connectivity index (χ0n) is 11.9. The molecule has 0 amide bonds. The van der Waals surface area contributed by atoms with Gasteiger partial charge in [0.05, 0.1) is 5.69 Å². The predicted octanol–water partition coefficient (Wildman–Crippen LogP) is 3.17. The Labute approximate surface area is 115 Å². The first kappa shape index (κ1) is 13.7. The monoisotopic (exact) mass is 255 g/mol. The first-order chi connectivity index (χ1) is 9.26. The molecule has 1 atom stereocenters. The Morgan fingerprint density at radius 3 is 2.68 bits per heavy atom. The summed E-state index contributed by atoms with van der Waals surface area (Å²) in [5.41, 5.74) is 3.44. The highest BCUT2D eigenvalue weighted by molar-refractivity contribution is 5.62. The summed E-state index contributed by atoms with van der Waals surface area (Å²) in [4.78, 5) is 9.18. The Morgan fingerprint density at radius 1 is 1.21 bits per heavy atom. The largest absolute Gasteiger partial charge is 0.319 e. The minimum atomic E-state index is 0.369. The highest BCUT2D eigenvalue weighted by Gasteiger charge is 2.13. The van der Waals surface area contributed by atoms with E-state index >= 15 is 0 Å². The second kappa shape index (κ2) is 6.43. The van der Waals surface area contributed by atoms with Gasteiger partial charge in [-0.15, -0.1) is 0 Å². The van der Waals surface area contributed by atoms with Crippen molar-refractivity contribution in [3.63, 3.8) is 0 Å². The Balaban J connectivity index is 2.36. The zero-order valence-corrected chi connectivity index (χ0v) is 11.9. The number of nitrogens with zero attached hydrogens (tertiary/aromatic N) is 2. The van der Waals surface area contributed by atoms with E-state index in [-0.39, 0.29) is 0 Å². The van der Waals surface area contributed by atoms with E-state index in [1.165, 1.54) is 11.1 Å². The molecule has 2 rings (SSSR count). The highest BCUT2D eigenvalue weighted by Crippen LogP contribution is 2.23. The molecule has 0 saturated carbocycles. The van der Waals surface area contributed by atoms with Crippen molar-refractivity contribution in [1.82, 2.24) is 15.3 Å². The van der Waals surface area contributed by atoms with Gasteiger partial charge in [-0.05, 0) is 32.0 Å². The second-order valence-corrected chi connectivity index (χ2v) is 4.78. The van der Waals surface area contributed by atoms with Gasteiger partial charge in [-0.1, -0.05) is 31.2 Å². The number of hydrogen-bond donors (Lipinski definition) is 1. The number of nitrogens with one attached hydrogen (secondary N) is 1. The van der Waals surface area contributed by atoms with Crippen LogP contribution in [0.25, 0.3) is 11.3 Å². The first-order valence-corrected chi connectivity index (χ1v) is 6.79. The number of aromatic nitrogens is 2. The van der Waals surface area contributed by atoms with Gasteiger partial charge in [0.25, 0.3) is 0 Å². The topological polar surface area (TPSA) is 37.8 Å². The van der Waals surface area contributed by atoms with E-state index in [2.05, 4.69) is 48.4 Å². The van der Waals surface area contributed by atoms with Crippen molar-refractivity contribution in [2.75, 3.05) is 13.6 Å². The van der Waals surface area contributed by atoms with E-state index in [9.17, 15) is 0 Å². The summed E-state index contributed by atoms with van der Waals surface area (Å²) in [6.07, 6.45) is 2.90. The van der Waals surface area contributed by atoms with Gasteiger partial charge in [0.2, 0.25) is 0 Å². The minimum absolute atomic E-state index is 0.369. The van der Waals surface area contributed by atoms with Crippen molar-refractivity contribution in [3.05, 3.63) is 47.9 Å². The van der Waals surface area contributed by atoms with Gasteiger partial charge in [0.15, 0.2) is 0 Å². The smallest absolute Gasteiger partial charge is 0.133 e. The molecule has 1 N–H and O–H groups in total. The number of likely N-dealkylation sites (N-methyl/N-ethyl adjacent to an activating group) is 1. The lowest BCUT2D eigenvalue weighted by Crippen LogP contribution is -2.18. The molecule has 0 radical (unpaired) electrons. The normalized spacial score (nSPS) is 12.4. The van der Waals surface area contributed by atoms with Crippen molar-refractivity contribution in [2.24, 2.45) is 0 Å². The van der Waals surface area contributed by atoms with Crippen LogP contribution in [0.1, 0.15) is 30.7 Å². The van der Waals surface area contributed by atoms with Gasteiger partial charge in [-0.2, -0.15) is 0 Å². The molecule has 1 aromatic carbocycles. The van der Waals surface area contributed by atoms with Gasteiger partial charge < -0.3 is 5.32 Å². The third kappa shape index (κ3) is 3.18. The fourth-order valence-corrected chi connectivity index (χ4v) is 2.25. The van der Waals surface area contributed by atoms with Crippen molar-refractivity contribution in [1.29, 1.82) is 0 Å². The summed E-state index contributed by atoms with van der Waals surface area (Å²) in [6, 6.07) is 10.3. The van der Waals surface area contributed by atoms with Gasteiger partial charge in [-0.3, -0.25) is 0 Å². The van der Waals surface area contributed by atoms with Crippen LogP contribution in [0.2, 0.25) is 0 Å². The Hall–Kier alpha value is -1.74. The molecule has 1 heterocycles. The molecule has 0 fully saturated rings. The van der Waals surface area contributed by atoms with E-state index in [1.807, 2.05) is 19.3 Å². The number of benzene rings is 1. The summed E-state index contributed by atoms with van der Waals surface area (Å²) >= 11 is 0. The molecule has 0 aliphatic carbocycles. The van der Waals surface area contributed by atoms with Crippen molar-refractivity contribution < 1.29 is 0 Å². The van der Waals surface area contributed by atoms with E-state index < -0.39 is 0 Å². The van der Waals surface area contributed by atoms with Crippen LogP contribution >= 0.6 is 0 Å². The molecule has 100 valence electrons. The molecule has 3 heteroatoms. The Morgan fingerprint density at radius 2 is 2.00 bits per heavy atom. The predicted molar refractivity (Wildman–Crippen MR) is 79.2 cm³/mol. The van der Waals surface area contributed by atoms with Crippen molar-refractivity contribution in [2.45, 2.75) is 26.2 Å². The van der Waals surface area contributed by atoms with Gasteiger partial charge >= 0.3 is 0 Å². The fraction of sp³-hybridized carbons (Fsp3) is 0.375. The summed E-state index contributed by atoms with van der Waals surface area (Å²) in [6.45, 7) is 5.20. The SMILES string of the molecule is CCC(CNC)c1nccc(-c2ccccc2C)n1. The van der Waals surface area contributed by atoms with Gasteiger partial charge in [0.1, 0.15) is 5.82 Å². The molecule has 0 aliphatic rings. The van der Waals surface area contributed by atoms with Gasteiger partial charge in [-0.25, -0.2) is 9.97 Å². The maximum Gasteiger partial charge on any atom is 0.133 e. The second-order valence-electron chi connectivity index (χ2n) is 4.78. The third-order valence-electron chi connectivity index (χ3n) is 3.40. The van der Waals surface area contributed by atoms with Crippen LogP contribution in [0.15, 0.2) is 36.5 Å². The maximum absolute atomic E-state index is 4.74. The molecule has 0 saturated heterocycles. The molecular weight excluding hydrogens is 234 g/mol. The van der Waals surface area contributed by atoms with E-state index in [0.717, 1.165) is 24.5 Å². The molecule has 0 aliphatic heterocycles. The summed E-state index contributed by atoms with van der Waals surface area (Å²) in [5, 5.41) is 3.21. The lowest BCUT2D eigenvalue weighted by Gasteiger charge is -2.14. The van der Waals surface area contributed by atoms with Crippen LogP contribution in [0.3, 0.4) is 0 Å². The number of aryl methyl sites for hydroxylation is 1. The Kier molecular flexibility index (Phi) is 4.63. The van der Waals surface area contributed by atoms with Crippen LogP contribution in [0.4, 0.5) is 0 Å². The standard InChI is InChI=1S/C16H21N3/c1-4-13(11-17-3)16-18-10-9-15(19-16)14-8-6-5-7-12(14)2/h5-10,13,17H,4,11H2,1-3H3. The van der Waals surface area contributed by atoms with Crippen LogP contribution in [0, 0.1) is 6.92 Å². The minimum Gasteiger partial charge on any atom is -0.319 e. The van der Waals surface area contributed by atoms with Crippen LogP contribution in [-0.4, -0.2) is 23.6 Å². The molecule has 19 heavy (non-hydrogen) atoms. The van der Waals surface area contributed by atoms with Crippen LogP contribution in [-0.2, 0) is 0 Å². The van der Waals surface area contributed by atoms with Crippen LogP contribution in [0.5, 0.6) is 0 Å². The summed E-state index contributed by atoms with van der Waals surface area (Å²) < 4.78 is 0. The lowest BCUT2D eigenvalue weighted by atomic mass is 10.0. The van der Waals surface area contributed by atoms with Gasteiger partial charge in [0, 0.05) is 24.2 Å². The number of rotatable bonds is 5. The van der Waals surface area contributed by atoms with E-state index in [0.29, 0.717) is 5.92 Å². The Bertz CT molecular complexity index is 537. The van der Waals surface area contributed by atoms with E-state index in [4.69, 9.17) is 4.98 Å². The molecule has 1 aromatic heterocycles. The molecular formula is C16H21N3. The number of hydrogen-bond acceptors (Lipinski definition) is 3. The first-order valence-electron chi connectivity index (χ1n) is 6.79. The third-order valence-corrected chi connectivity index (χ3v) is 3.40. The van der Waals surface area contributed by atoms with E-state index in [1.54, 1.807) is 0 Å². The van der Waals surface area contributed by atoms with Crippen molar-refractivity contribution in [3.8, 4) is 11.3 Å². The molecule has 0 spiro atoms. The maximum atomic E-state index is 4.74. The van der Waals surface area contributed by atoms with Crippen LogP contribution < -0.4 is 5.32 Å². The molecule has 3 nitrogen and oxygen atoms in total.